The van der Waals surface area contributed by atoms with E-state index in [-0.39, 0.29) is 0 Å². The Morgan fingerprint density at radius 1 is 0.650 bits per heavy atom. The van der Waals surface area contributed by atoms with Crippen molar-refractivity contribution in [1.29, 1.82) is 0 Å². The Morgan fingerprint density at radius 2 is 1.05 bits per heavy atom. The summed E-state index contributed by atoms with van der Waals surface area (Å²) in [6.07, 6.45) is 5.35. The standard InChI is InChI=1S/C19H16O/c20-19-13-17(11-15-7-3-1-4-8-15)18(14-19)12-16-9-5-2-6-10-16/h1-12H,13-14H2/b17-11+,18-12+. The van der Waals surface area contributed by atoms with Crippen molar-refractivity contribution in [3.63, 3.8) is 0 Å². The van der Waals surface area contributed by atoms with Crippen molar-refractivity contribution >= 4 is 17.9 Å². The summed E-state index contributed by atoms with van der Waals surface area (Å²) in [5, 5.41) is 0. The molecule has 1 saturated carbocycles. The number of benzene rings is 2. The van der Waals surface area contributed by atoms with Crippen LogP contribution in [0.25, 0.3) is 12.2 Å². The van der Waals surface area contributed by atoms with E-state index in [1.165, 1.54) is 0 Å². The molecule has 20 heavy (non-hydrogen) atoms. The molecule has 0 aromatic heterocycles. The summed E-state index contributed by atoms with van der Waals surface area (Å²) in [4.78, 5) is 11.8. The molecule has 1 aliphatic rings. The van der Waals surface area contributed by atoms with Gasteiger partial charge in [0.2, 0.25) is 0 Å². The molecule has 98 valence electrons. The summed E-state index contributed by atoms with van der Waals surface area (Å²) in [5.74, 6) is 0.300. The van der Waals surface area contributed by atoms with Gasteiger partial charge in [-0.25, -0.2) is 0 Å². The molecular formula is C19H16O. The van der Waals surface area contributed by atoms with Crippen LogP contribution in [0.3, 0.4) is 0 Å². The Kier molecular flexibility index (Phi) is 3.60. The average Bonchev–Trinajstić information content (AvgIpc) is 2.81. The third kappa shape index (κ3) is 2.94. The molecule has 0 bridgehead atoms. The molecule has 0 N–H and O–H groups in total. The highest BCUT2D eigenvalue weighted by atomic mass is 16.1. The van der Waals surface area contributed by atoms with E-state index in [0.717, 1.165) is 22.3 Å². The van der Waals surface area contributed by atoms with Crippen LogP contribution in [0, 0.1) is 0 Å². The third-order valence-electron chi connectivity index (χ3n) is 3.47. The van der Waals surface area contributed by atoms with Crippen molar-refractivity contribution in [3.05, 3.63) is 82.9 Å². The van der Waals surface area contributed by atoms with E-state index in [2.05, 4.69) is 36.4 Å². The van der Waals surface area contributed by atoms with Gasteiger partial charge in [0.1, 0.15) is 5.78 Å². The predicted octanol–water partition coefficient (Wildman–Crippen LogP) is 4.52. The number of rotatable bonds is 2. The van der Waals surface area contributed by atoms with Gasteiger partial charge in [-0.2, -0.15) is 0 Å². The molecule has 2 aromatic carbocycles. The molecule has 0 aliphatic heterocycles. The first-order valence-electron chi connectivity index (χ1n) is 6.84. The van der Waals surface area contributed by atoms with Gasteiger partial charge in [-0.3, -0.25) is 4.79 Å². The van der Waals surface area contributed by atoms with Crippen LogP contribution in [0.4, 0.5) is 0 Å². The van der Waals surface area contributed by atoms with Gasteiger partial charge in [0.15, 0.2) is 0 Å². The summed E-state index contributed by atoms with van der Waals surface area (Å²) in [6, 6.07) is 20.3. The van der Waals surface area contributed by atoms with Crippen molar-refractivity contribution in [2.75, 3.05) is 0 Å². The van der Waals surface area contributed by atoms with E-state index in [0.29, 0.717) is 18.6 Å². The number of carbonyl (C=O) groups is 1. The van der Waals surface area contributed by atoms with Crippen LogP contribution in [-0.4, -0.2) is 5.78 Å². The topological polar surface area (TPSA) is 17.1 Å². The number of ketones is 1. The summed E-state index contributed by atoms with van der Waals surface area (Å²) in [7, 11) is 0. The van der Waals surface area contributed by atoms with Crippen LogP contribution in [-0.2, 0) is 4.79 Å². The van der Waals surface area contributed by atoms with E-state index < -0.39 is 0 Å². The molecular weight excluding hydrogens is 244 g/mol. The maximum atomic E-state index is 11.8. The zero-order valence-corrected chi connectivity index (χ0v) is 11.3. The minimum absolute atomic E-state index is 0.300. The van der Waals surface area contributed by atoms with Crippen LogP contribution in [0.5, 0.6) is 0 Å². The van der Waals surface area contributed by atoms with Crippen molar-refractivity contribution in [2.45, 2.75) is 12.8 Å². The van der Waals surface area contributed by atoms with Crippen molar-refractivity contribution < 1.29 is 4.79 Å². The third-order valence-corrected chi connectivity index (χ3v) is 3.47. The van der Waals surface area contributed by atoms with E-state index in [9.17, 15) is 4.79 Å². The van der Waals surface area contributed by atoms with Crippen LogP contribution in [0.2, 0.25) is 0 Å². The Balaban J connectivity index is 1.95. The van der Waals surface area contributed by atoms with Gasteiger partial charge in [0.05, 0.1) is 0 Å². The zero-order chi connectivity index (χ0) is 13.8. The largest absolute Gasteiger partial charge is 0.299 e. The molecule has 1 aliphatic carbocycles. The summed E-state index contributed by atoms with van der Waals surface area (Å²) < 4.78 is 0. The first-order chi connectivity index (χ1) is 9.81. The Hall–Kier alpha value is -2.41. The lowest BCUT2D eigenvalue weighted by Gasteiger charge is -2.01. The van der Waals surface area contributed by atoms with Crippen molar-refractivity contribution in [2.24, 2.45) is 0 Å². The van der Waals surface area contributed by atoms with Crippen LogP contribution in [0.15, 0.2) is 71.8 Å². The number of Topliss-reactive ketones (excluding diaryl/α,β-unsaturated/α-hetero) is 1. The molecule has 2 aromatic rings. The van der Waals surface area contributed by atoms with Crippen LogP contribution < -0.4 is 0 Å². The molecule has 0 unspecified atom stereocenters. The molecule has 0 heterocycles. The highest BCUT2D eigenvalue weighted by Gasteiger charge is 2.21. The summed E-state index contributed by atoms with van der Waals surface area (Å²) in [5.41, 5.74) is 4.59. The maximum Gasteiger partial charge on any atom is 0.141 e. The maximum absolute atomic E-state index is 11.8. The highest BCUT2D eigenvalue weighted by molar-refractivity contribution is 5.94. The number of allylic oxidation sites excluding steroid dienone is 2. The van der Waals surface area contributed by atoms with Gasteiger partial charge in [-0.1, -0.05) is 72.8 Å². The summed E-state index contributed by atoms with van der Waals surface area (Å²) in [6.45, 7) is 0. The lowest BCUT2D eigenvalue weighted by molar-refractivity contribution is -0.116. The molecule has 0 atom stereocenters. The normalized spacial score (nSPS) is 18.9. The Bertz CT molecular complexity index is 604. The highest BCUT2D eigenvalue weighted by Crippen LogP contribution is 2.31. The molecule has 1 heteroatoms. The number of hydrogen-bond acceptors (Lipinski definition) is 1. The first kappa shape index (κ1) is 12.6. The minimum Gasteiger partial charge on any atom is -0.299 e. The SMILES string of the molecule is O=C1CC(=C\c2ccccc2)/C(=C/c2ccccc2)C1. The fourth-order valence-corrected chi connectivity index (χ4v) is 2.50. The monoisotopic (exact) mass is 260 g/mol. The van der Waals surface area contributed by atoms with Gasteiger partial charge in [0, 0.05) is 12.8 Å². The van der Waals surface area contributed by atoms with Gasteiger partial charge in [0.25, 0.3) is 0 Å². The quantitative estimate of drug-likeness (QED) is 0.776. The van der Waals surface area contributed by atoms with Gasteiger partial charge >= 0.3 is 0 Å². The molecule has 0 amide bonds. The molecule has 1 nitrogen and oxygen atoms in total. The predicted molar refractivity (Wildman–Crippen MR) is 83.1 cm³/mol. The minimum atomic E-state index is 0.300. The van der Waals surface area contributed by atoms with E-state index in [1.807, 2.05) is 36.4 Å². The number of carbonyl (C=O) groups excluding carboxylic acids is 1. The lowest BCUT2D eigenvalue weighted by Crippen LogP contribution is -1.83. The lowest BCUT2D eigenvalue weighted by atomic mass is 10.0. The number of hydrogen-bond donors (Lipinski definition) is 0. The molecule has 1 fully saturated rings. The van der Waals surface area contributed by atoms with Crippen LogP contribution >= 0.6 is 0 Å². The van der Waals surface area contributed by atoms with Crippen LogP contribution in [0.1, 0.15) is 24.0 Å². The Labute approximate surface area is 119 Å². The second-order valence-corrected chi connectivity index (χ2v) is 5.05. The van der Waals surface area contributed by atoms with Crippen molar-refractivity contribution in [1.82, 2.24) is 0 Å². The van der Waals surface area contributed by atoms with Gasteiger partial charge in [-0.05, 0) is 22.3 Å². The smallest absolute Gasteiger partial charge is 0.141 e. The summed E-state index contributed by atoms with van der Waals surface area (Å²) >= 11 is 0. The molecule has 0 saturated heterocycles. The fourth-order valence-electron chi connectivity index (χ4n) is 2.50. The fraction of sp³-hybridized carbons (Fsp3) is 0.105. The Morgan fingerprint density at radius 3 is 1.45 bits per heavy atom. The van der Waals surface area contributed by atoms with Gasteiger partial charge < -0.3 is 0 Å². The van der Waals surface area contributed by atoms with E-state index in [4.69, 9.17) is 0 Å². The second kappa shape index (κ2) is 5.70. The average molecular weight is 260 g/mol. The zero-order valence-electron chi connectivity index (χ0n) is 11.3. The molecule has 0 spiro atoms. The van der Waals surface area contributed by atoms with E-state index >= 15 is 0 Å². The van der Waals surface area contributed by atoms with Gasteiger partial charge in [-0.15, -0.1) is 0 Å². The molecule has 3 rings (SSSR count). The van der Waals surface area contributed by atoms with E-state index in [1.54, 1.807) is 0 Å². The molecule has 0 radical (unpaired) electrons. The first-order valence-corrected chi connectivity index (χ1v) is 6.84. The van der Waals surface area contributed by atoms with Crippen molar-refractivity contribution in [3.8, 4) is 0 Å². The second-order valence-electron chi connectivity index (χ2n) is 5.05.